The van der Waals surface area contributed by atoms with Crippen LogP contribution in [0.2, 0.25) is 0 Å². The highest BCUT2D eigenvalue weighted by Gasteiger charge is 2.42. The minimum Gasteiger partial charge on any atom is -0.375 e. The predicted octanol–water partition coefficient (Wildman–Crippen LogP) is 5.65. The van der Waals surface area contributed by atoms with Crippen LogP contribution in [0.4, 0.5) is 24.5 Å². The van der Waals surface area contributed by atoms with Gasteiger partial charge in [-0.15, -0.1) is 0 Å². The van der Waals surface area contributed by atoms with Crippen molar-refractivity contribution in [3.63, 3.8) is 0 Å². The van der Waals surface area contributed by atoms with E-state index in [9.17, 15) is 18.0 Å². The Bertz CT molecular complexity index is 1470. The van der Waals surface area contributed by atoms with E-state index in [-0.39, 0.29) is 18.6 Å². The minimum absolute atomic E-state index is 0.0672. The van der Waals surface area contributed by atoms with Crippen molar-refractivity contribution in [3.8, 4) is 5.69 Å². The fraction of sp³-hybridized carbons (Fsp3) is 0.179. The first-order valence-electron chi connectivity index (χ1n) is 12.0. The molecule has 11 heteroatoms. The maximum Gasteiger partial charge on any atom is 0.416 e. The number of hydrogen-bond acceptors (Lipinski definition) is 4. The van der Waals surface area contributed by atoms with E-state index in [1.165, 1.54) is 13.2 Å². The zero-order valence-electron chi connectivity index (χ0n) is 20.7. The largest absolute Gasteiger partial charge is 0.416 e. The molecule has 0 unspecified atom stereocenters. The molecule has 1 saturated heterocycles. The average Bonchev–Trinajstić information content (AvgIpc) is 3.54. The summed E-state index contributed by atoms with van der Waals surface area (Å²) in [6, 6.07) is 20.7. The monoisotopic (exact) mass is 551 g/mol. The van der Waals surface area contributed by atoms with Gasteiger partial charge in [-0.1, -0.05) is 12.1 Å². The Morgan fingerprint density at radius 1 is 1.05 bits per heavy atom. The quantitative estimate of drug-likeness (QED) is 0.289. The van der Waals surface area contributed by atoms with Gasteiger partial charge in [0.05, 0.1) is 17.3 Å². The van der Waals surface area contributed by atoms with Crippen LogP contribution >= 0.6 is 12.2 Å². The molecule has 0 saturated carbocycles. The molecule has 39 heavy (non-hydrogen) atoms. The second-order valence-electron chi connectivity index (χ2n) is 8.88. The summed E-state index contributed by atoms with van der Waals surface area (Å²) >= 11 is 5.76. The number of carbonyl (C=O) groups is 1. The van der Waals surface area contributed by atoms with Crippen LogP contribution in [0.1, 0.15) is 29.0 Å². The molecule has 1 amide bonds. The Morgan fingerprint density at radius 2 is 1.85 bits per heavy atom. The van der Waals surface area contributed by atoms with Crippen LogP contribution in [0.25, 0.3) is 5.69 Å². The summed E-state index contributed by atoms with van der Waals surface area (Å²) in [7, 11) is 1.44. The van der Waals surface area contributed by atoms with Gasteiger partial charge in [0.2, 0.25) is 5.91 Å². The number of benzene rings is 2. The molecule has 2 aromatic heterocycles. The molecule has 200 valence electrons. The summed E-state index contributed by atoms with van der Waals surface area (Å²) < 4.78 is 47.1. The van der Waals surface area contributed by atoms with Crippen molar-refractivity contribution in [2.75, 3.05) is 23.9 Å². The molecule has 1 aliphatic rings. The van der Waals surface area contributed by atoms with E-state index in [4.69, 9.17) is 17.0 Å². The lowest BCUT2D eigenvalue weighted by Gasteiger charge is -2.29. The molecular formula is C28H24F3N5O2S. The van der Waals surface area contributed by atoms with E-state index in [2.05, 4.69) is 15.6 Å². The van der Waals surface area contributed by atoms with Gasteiger partial charge < -0.3 is 24.8 Å². The first-order valence-corrected chi connectivity index (χ1v) is 12.4. The highest BCUT2D eigenvalue weighted by atomic mass is 32.1. The number of rotatable bonds is 7. The van der Waals surface area contributed by atoms with E-state index in [0.717, 1.165) is 29.2 Å². The number of halogens is 3. The first-order chi connectivity index (χ1) is 18.8. The number of hydrogen-bond donors (Lipinski definition) is 2. The maximum absolute atomic E-state index is 13.5. The second kappa shape index (κ2) is 10.9. The molecule has 2 aromatic carbocycles. The van der Waals surface area contributed by atoms with Crippen molar-refractivity contribution in [1.29, 1.82) is 0 Å². The predicted molar refractivity (Wildman–Crippen MR) is 146 cm³/mol. The molecule has 1 fully saturated rings. The Morgan fingerprint density at radius 3 is 2.54 bits per heavy atom. The topological polar surface area (TPSA) is 71.4 Å². The van der Waals surface area contributed by atoms with Gasteiger partial charge >= 0.3 is 6.18 Å². The molecule has 5 rings (SSSR count). The van der Waals surface area contributed by atoms with Gasteiger partial charge in [0, 0.05) is 42.3 Å². The van der Waals surface area contributed by atoms with Gasteiger partial charge in [0.1, 0.15) is 12.6 Å². The number of thiocarbonyl (C=S) groups is 1. The second-order valence-corrected chi connectivity index (χ2v) is 9.26. The number of anilines is 2. The van der Waals surface area contributed by atoms with Crippen molar-refractivity contribution in [1.82, 2.24) is 14.9 Å². The molecule has 1 aliphatic heterocycles. The van der Waals surface area contributed by atoms with Gasteiger partial charge in [-0.05, 0) is 78.9 Å². The molecule has 0 radical (unpaired) electrons. The summed E-state index contributed by atoms with van der Waals surface area (Å²) in [6.45, 7) is -0.0672. The molecule has 2 N–H and O–H groups in total. The van der Waals surface area contributed by atoms with E-state index < -0.39 is 17.8 Å². The number of methoxy groups -OCH3 is 1. The molecule has 7 nitrogen and oxygen atoms in total. The lowest BCUT2D eigenvalue weighted by atomic mass is 10.0. The third-order valence-electron chi connectivity index (χ3n) is 6.34. The van der Waals surface area contributed by atoms with E-state index in [1.807, 2.05) is 41.3 Å². The molecular weight excluding hydrogens is 527 g/mol. The van der Waals surface area contributed by atoms with E-state index >= 15 is 0 Å². The molecule has 0 aliphatic carbocycles. The summed E-state index contributed by atoms with van der Waals surface area (Å²) in [5, 5.41) is 6.54. The number of nitrogens with zero attached hydrogens (tertiary/aromatic N) is 3. The molecule has 0 spiro atoms. The highest BCUT2D eigenvalue weighted by Crippen LogP contribution is 2.42. The van der Waals surface area contributed by atoms with Crippen LogP contribution in [0.5, 0.6) is 0 Å². The number of nitrogens with one attached hydrogen (secondary N) is 2. The summed E-state index contributed by atoms with van der Waals surface area (Å²) in [5.41, 5.74) is 2.41. The third-order valence-corrected chi connectivity index (χ3v) is 6.65. The van der Waals surface area contributed by atoms with Gasteiger partial charge in [-0.25, -0.2) is 0 Å². The lowest BCUT2D eigenvalue weighted by Crippen LogP contribution is -2.30. The number of amides is 1. The number of alkyl halides is 3. The normalized spacial score (nSPS) is 17.2. The molecule has 2 atom stereocenters. The fourth-order valence-electron chi connectivity index (χ4n) is 4.67. The van der Waals surface area contributed by atoms with Crippen molar-refractivity contribution in [3.05, 3.63) is 108 Å². The summed E-state index contributed by atoms with van der Waals surface area (Å²) in [5.74, 6) is -0.282. The Balaban J connectivity index is 1.57. The highest BCUT2D eigenvalue weighted by molar-refractivity contribution is 7.80. The van der Waals surface area contributed by atoms with Gasteiger partial charge in [-0.2, -0.15) is 13.2 Å². The van der Waals surface area contributed by atoms with Crippen LogP contribution in [-0.2, 0) is 15.7 Å². The van der Waals surface area contributed by atoms with Crippen LogP contribution in [-0.4, -0.2) is 34.3 Å². The van der Waals surface area contributed by atoms with Gasteiger partial charge in [0.25, 0.3) is 0 Å². The van der Waals surface area contributed by atoms with Gasteiger partial charge in [-0.3, -0.25) is 9.78 Å². The smallest absolute Gasteiger partial charge is 0.375 e. The van der Waals surface area contributed by atoms with Crippen molar-refractivity contribution in [2.24, 2.45) is 0 Å². The average molecular weight is 552 g/mol. The maximum atomic E-state index is 13.5. The van der Waals surface area contributed by atoms with Crippen LogP contribution in [0.15, 0.2) is 91.3 Å². The van der Waals surface area contributed by atoms with Crippen molar-refractivity contribution in [2.45, 2.75) is 18.3 Å². The first kappa shape index (κ1) is 26.4. The van der Waals surface area contributed by atoms with E-state index in [0.29, 0.717) is 16.5 Å². The number of ether oxygens (including phenoxy) is 1. The fourth-order valence-corrected chi connectivity index (χ4v) is 5.02. The Kier molecular flexibility index (Phi) is 7.36. The van der Waals surface area contributed by atoms with Crippen molar-refractivity contribution >= 4 is 34.6 Å². The summed E-state index contributed by atoms with van der Waals surface area (Å²) in [6.07, 6.45) is -1.06. The SMILES string of the molecule is COCC(=O)Nc1ccc(N2C(=S)N[C@@H](c3ccccn3)[C@@H]2c2cccn2-c2cccc(C(F)(F)F)c2)cc1. The lowest BCUT2D eigenvalue weighted by molar-refractivity contribution is -0.137. The third kappa shape index (κ3) is 5.50. The molecule has 4 aromatic rings. The Labute approximate surface area is 228 Å². The number of aromatic nitrogens is 2. The van der Waals surface area contributed by atoms with Crippen molar-refractivity contribution < 1.29 is 22.7 Å². The van der Waals surface area contributed by atoms with Crippen LogP contribution < -0.4 is 15.5 Å². The Hall–Kier alpha value is -4.22. The minimum atomic E-state index is -4.47. The zero-order chi connectivity index (χ0) is 27.6. The summed E-state index contributed by atoms with van der Waals surface area (Å²) in [4.78, 5) is 18.4. The standard InChI is InChI=1S/C28H24F3N5O2S/c1-38-17-24(37)33-19-10-12-20(13-11-19)36-26(25(34-27(36)39)22-8-2-3-14-32-22)23-9-5-15-35(23)21-7-4-6-18(16-21)28(29,30)31/h2-16,25-26H,17H2,1H3,(H,33,37)(H,34,39)/t25-,26-/m0/s1. The van der Waals surface area contributed by atoms with E-state index in [1.54, 1.807) is 41.2 Å². The molecule has 0 bridgehead atoms. The zero-order valence-corrected chi connectivity index (χ0v) is 21.5. The van der Waals surface area contributed by atoms with Gasteiger partial charge in [0.15, 0.2) is 5.11 Å². The number of carbonyl (C=O) groups excluding carboxylic acids is 1. The number of pyridine rings is 1. The van der Waals surface area contributed by atoms with Crippen LogP contribution in [0.3, 0.4) is 0 Å². The molecule has 3 heterocycles. The van der Waals surface area contributed by atoms with Crippen LogP contribution in [0, 0.1) is 0 Å².